The van der Waals surface area contributed by atoms with Crippen LogP contribution in [-0.2, 0) is 25.6 Å². The fourth-order valence-corrected chi connectivity index (χ4v) is 3.01. The number of nitro benzene ring substituents is 1. The van der Waals surface area contributed by atoms with Crippen LogP contribution in [0, 0.1) is 10.1 Å². The number of nitrogens with two attached hydrogens (primary N) is 1. The molecule has 0 heterocycles. The first-order valence-electron chi connectivity index (χ1n) is 12.2. The van der Waals surface area contributed by atoms with E-state index >= 15 is 0 Å². The topological polar surface area (TPSA) is 160 Å². The minimum Gasteiger partial charge on any atom is -0.444 e. The number of benzene rings is 1. The highest BCUT2D eigenvalue weighted by Crippen LogP contribution is 2.15. The van der Waals surface area contributed by atoms with Crippen molar-refractivity contribution >= 4 is 23.7 Å². The van der Waals surface area contributed by atoms with Crippen LogP contribution >= 0.6 is 0 Å². The molecule has 1 aromatic rings. The summed E-state index contributed by atoms with van der Waals surface area (Å²) >= 11 is 0. The largest absolute Gasteiger partial charge is 0.508 e. The highest BCUT2D eigenvalue weighted by Gasteiger charge is 2.19. The lowest BCUT2D eigenvalue weighted by Crippen LogP contribution is -2.32. The quantitative estimate of drug-likeness (QED) is 0.116. The number of carbonyl (C=O) groups is 3. The Kier molecular flexibility index (Phi) is 12.6. The molecule has 11 nitrogen and oxygen atoms in total. The van der Waals surface area contributed by atoms with Crippen molar-refractivity contribution in [3.05, 3.63) is 86.3 Å². The zero-order chi connectivity index (χ0) is 29.8. The number of nitro groups is 1. The number of hydrogen-bond acceptors (Lipinski definition) is 9. The number of non-ortho nitro benzene ring substituents is 1. The van der Waals surface area contributed by atoms with Crippen molar-refractivity contribution in [1.82, 2.24) is 5.32 Å². The van der Waals surface area contributed by atoms with Gasteiger partial charge < -0.3 is 19.9 Å². The first-order chi connectivity index (χ1) is 18.1. The Labute approximate surface area is 228 Å². The predicted octanol–water partition coefficient (Wildman–Crippen LogP) is 5.76. The molecule has 0 radical (unpaired) electrons. The summed E-state index contributed by atoms with van der Waals surface area (Å²) in [6.07, 6.45) is 4.09. The molecule has 0 aliphatic heterocycles. The Morgan fingerprint density at radius 1 is 1.03 bits per heavy atom. The molecule has 1 aromatic carbocycles. The molecule has 0 unspecified atom stereocenters. The van der Waals surface area contributed by atoms with Gasteiger partial charge in [0.1, 0.15) is 18.8 Å². The number of nitrogens with one attached hydrogen (secondary N) is 1. The number of alkyl carbamates (subject to hydrolysis) is 1. The second-order valence-electron chi connectivity index (χ2n) is 9.59. The third-order valence-corrected chi connectivity index (χ3v) is 5.02. The van der Waals surface area contributed by atoms with Gasteiger partial charge in [-0.25, -0.2) is 9.59 Å². The van der Waals surface area contributed by atoms with Crippen molar-refractivity contribution in [3.8, 4) is 0 Å². The highest BCUT2D eigenvalue weighted by atomic mass is 16.7. The second-order valence-corrected chi connectivity index (χ2v) is 9.59. The highest BCUT2D eigenvalue weighted by molar-refractivity contribution is 6.08. The first-order valence-corrected chi connectivity index (χ1v) is 12.2. The number of carbonyl (C=O) groups excluding carboxylic acids is 3. The van der Waals surface area contributed by atoms with Gasteiger partial charge in [-0.15, -0.1) is 0 Å². The summed E-state index contributed by atoms with van der Waals surface area (Å²) in [7, 11) is 0. The average Bonchev–Trinajstić information content (AvgIpc) is 2.84. The summed E-state index contributed by atoms with van der Waals surface area (Å²) < 4.78 is 15.4. The van der Waals surface area contributed by atoms with Gasteiger partial charge in [0, 0.05) is 23.5 Å². The van der Waals surface area contributed by atoms with E-state index in [1.54, 1.807) is 33.8 Å². The molecule has 0 atom stereocenters. The van der Waals surface area contributed by atoms with Crippen LogP contribution in [0.4, 0.5) is 15.3 Å². The minimum atomic E-state index is -1.04. The fraction of sp³-hybridized carbons (Fsp3) is 0.393. The van der Waals surface area contributed by atoms with Gasteiger partial charge in [-0.05, 0) is 82.9 Å². The van der Waals surface area contributed by atoms with Crippen LogP contribution in [0.1, 0.15) is 60.5 Å². The molecule has 0 aliphatic rings. The minimum absolute atomic E-state index is 0.0620. The van der Waals surface area contributed by atoms with E-state index in [0.717, 1.165) is 12.0 Å². The summed E-state index contributed by atoms with van der Waals surface area (Å²) in [5.74, 6) is -0.455. The normalized spacial score (nSPS) is 13.3. The number of hydrogen-bond donors (Lipinski definition) is 2. The summed E-state index contributed by atoms with van der Waals surface area (Å²) in [5.41, 5.74) is 7.38. The van der Waals surface area contributed by atoms with Crippen LogP contribution in [0.3, 0.4) is 0 Å². The molecule has 0 spiro atoms. The summed E-state index contributed by atoms with van der Waals surface area (Å²) in [6.45, 7) is 11.5. The number of nitrogens with zero attached hydrogens (tertiary/aromatic N) is 1. The molecule has 1 amide bonds. The van der Waals surface area contributed by atoms with E-state index in [0.29, 0.717) is 11.3 Å². The van der Waals surface area contributed by atoms with E-state index in [-0.39, 0.29) is 29.1 Å². The fourth-order valence-electron chi connectivity index (χ4n) is 3.01. The standard InChI is InChI=1S/C28H37N3O8/c1-8-9-18(2)24(30-26(33)39-28(5,6)7)15-10-19(3)25(32)23(20(4)29)17-38-27(34)37-16-21-11-13-22(14-12-21)31(35)36/h9-15H,8,16-17,29H2,1-7H3,(H,30,33)/b18-9+,19-10+,23-20-,24-15+. The molecule has 0 bridgehead atoms. The lowest BCUT2D eigenvalue weighted by molar-refractivity contribution is -0.384. The zero-order valence-electron chi connectivity index (χ0n) is 23.5. The maximum Gasteiger partial charge on any atom is 0.508 e. The molecule has 3 N–H and O–H groups in total. The van der Waals surface area contributed by atoms with Gasteiger partial charge in [0.05, 0.1) is 10.5 Å². The van der Waals surface area contributed by atoms with Crippen LogP contribution in [0.5, 0.6) is 0 Å². The van der Waals surface area contributed by atoms with Crippen molar-refractivity contribution in [3.63, 3.8) is 0 Å². The summed E-state index contributed by atoms with van der Waals surface area (Å²) in [6, 6.07) is 5.49. The van der Waals surface area contributed by atoms with Crippen molar-refractivity contribution in [2.24, 2.45) is 5.73 Å². The molecule has 39 heavy (non-hydrogen) atoms. The van der Waals surface area contributed by atoms with Gasteiger partial charge >= 0.3 is 12.2 Å². The average molecular weight is 544 g/mol. The Bertz CT molecular complexity index is 1180. The van der Waals surface area contributed by atoms with E-state index in [4.69, 9.17) is 19.9 Å². The van der Waals surface area contributed by atoms with E-state index in [9.17, 15) is 24.5 Å². The number of Topliss-reactive ketones (excluding diaryl/α,β-unsaturated/α-hetero) is 1. The van der Waals surface area contributed by atoms with E-state index < -0.39 is 35.2 Å². The van der Waals surface area contributed by atoms with Gasteiger partial charge in [0.25, 0.3) is 5.69 Å². The molecule has 0 aromatic heterocycles. The van der Waals surface area contributed by atoms with Gasteiger partial charge in [-0.1, -0.05) is 19.1 Å². The van der Waals surface area contributed by atoms with Crippen molar-refractivity contribution in [2.45, 2.75) is 67.1 Å². The van der Waals surface area contributed by atoms with Gasteiger partial charge in [0.15, 0.2) is 5.78 Å². The first kappa shape index (κ1) is 32.6. The van der Waals surface area contributed by atoms with Crippen LogP contribution in [0.25, 0.3) is 0 Å². The monoisotopic (exact) mass is 543 g/mol. The number of ketones is 1. The lowest BCUT2D eigenvalue weighted by atomic mass is 10.0. The summed E-state index contributed by atoms with van der Waals surface area (Å²) in [5, 5.41) is 13.4. The van der Waals surface area contributed by atoms with Crippen LogP contribution in [-0.4, -0.2) is 35.2 Å². The maximum atomic E-state index is 13.0. The Morgan fingerprint density at radius 3 is 2.15 bits per heavy atom. The molecule has 212 valence electrons. The number of amides is 1. The van der Waals surface area contributed by atoms with Gasteiger partial charge in [0.2, 0.25) is 0 Å². The number of allylic oxidation sites excluding steroid dienone is 6. The third kappa shape index (κ3) is 12.1. The molecule has 0 saturated heterocycles. The smallest absolute Gasteiger partial charge is 0.444 e. The predicted molar refractivity (Wildman–Crippen MR) is 146 cm³/mol. The van der Waals surface area contributed by atoms with Gasteiger partial charge in [-0.2, -0.15) is 0 Å². The molecular formula is C28H37N3O8. The summed E-state index contributed by atoms with van der Waals surface area (Å²) in [4.78, 5) is 47.6. The van der Waals surface area contributed by atoms with Crippen LogP contribution < -0.4 is 11.1 Å². The number of rotatable bonds is 11. The maximum absolute atomic E-state index is 13.0. The van der Waals surface area contributed by atoms with Crippen molar-refractivity contribution < 1.29 is 33.5 Å². The lowest BCUT2D eigenvalue weighted by Gasteiger charge is -2.20. The third-order valence-electron chi connectivity index (χ3n) is 5.02. The van der Waals surface area contributed by atoms with E-state index in [1.807, 2.05) is 19.9 Å². The van der Waals surface area contributed by atoms with Gasteiger partial charge in [-0.3, -0.25) is 20.2 Å². The van der Waals surface area contributed by atoms with Crippen LogP contribution in [0.15, 0.2) is 70.6 Å². The Morgan fingerprint density at radius 2 is 1.64 bits per heavy atom. The molecular weight excluding hydrogens is 506 g/mol. The van der Waals surface area contributed by atoms with Crippen LogP contribution in [0.2, 0.25) is 0 Å². The van der Waals surface area contributed by atoms with Crippen molar-refractivity contribution in [2.75, 3.05) is 6.61 Å². The van der Waals surface area contributed by atoms with E-state index in [1.165, 1.54) is 37.3 Å². The Balaban J connectivity index is 2.91. The Hall–Kier alpha value is -4.41. The molecule has 0 aliphatic carbocycles. The molecule has 0 saturated carbocycles. The molecule has 1 rings (SSSR count). The van der Waals surface area contributed by atoms with Crippen molar-refractivity contribution in [1.29, 1.82) is 0 Å². The second kappa shape index (κ2) is 15.1. The van der Waals surface area contributed by atoms with E-state index in [2.05, 4.69) is 5.32 Å². The SMILES string of the molecule is CC/C=C(C)/C(=C\C=C(/C)C(=O)/C(COC(=O)OCc1ccc([N+](=O)[O-])cc1)=C(/C)N)NC(=O)OC(C)(C)C. The zero-order valence-corrected chi connectivity index (χ0v) is 23.5. The molecule has 11 heteroatoms. The number of ether oxygens (including phenoxy) is 3. The molecule has 0 fully saturated rings.